The number of nitrogens with one attached hydrogen (secondary N) is 1. The molecule has 0 saturated carbocycles. The number of nitrogen functional groups attached to an aromatic ring is 1. The summed E-state index contributed by atoms with van der Waals surface area (Å²) in [5.74, 6) is 2.78. The smallest absolute Gasteiger partial charge is 0.0576 e. The lowest BCUT2D eigenvalue weighted by Crippen LogP contribution is -2.02. The van der Waals surface area contributed by atoms with Crippen molar-refractivity contribution in [1.82, 2.24) is 0 Å². The Morgan fingerprint density at radius 3 is 2.13 bits per heavy atom. The van der Waals surface area contributed by atoms with Crippen molar-refractivity contribution in [3.63, 3.8) is 0 Å². The summed E-state index contributed by atoms with van der Waals surface area (Å²) in [5, 5.41) is 8.29. The SMILES string of the molecule is C#Cc1ccccc1/C=C\Cc1c2ccccc2c(-c2ccc(NC/C=C\C=C)c(N)c2)c2ccccc12. The number of nitrogens with two attached hydrogens (primary N) is 1. The molecule has 0 aliphatic carbocycles. The Labute approximate surface area is 224 Å². The third-order valence-electron chi connectivity index (χ3n) is 6.80. The molecule has 0 aliphatic rings. The minimum Gasteiger partial charge on any atom is -0.397 e. The quantitative estimate of drug-likeness (QED) is 0.0988. The molecule has 0 heterocycles. The minimum absolute atomic E-state index is 0.690. The summed E-state index contributed by atoms with van der Waals surface area (Å²) < 4.78 is 0. The summed E-state index contributed by atoms with van der Waals surface area (Å²) in [6.45, 7) is 4.40. The Morgan fingerprint density at radius 2 is 1.47 bits per heavy atom. The molecule has 2 nitrogen and oxygen atoms in total. The summed E-state index contributed by atoms with van der Waals surface area (Å²) in [4.78, 5) is 0. The standard InChI is InChI=1S/C36H30N2/c1-3-5-12-24-38-35-23-22-28(25-34(35)37)36-32-19-10-8-17-30(32)29(31-18-9-11-20-33(31)36)21-13-16-27-15-7-6-14-26(27)4-2/h2-3,5-20,22-23,25,38H,1,21,24,37H2/b12-5-,16-13-. The molecule has 5 aromatic rings. The highest BCUT2D eigenvalue weighted by Crippen LogP contribution is 2.40. The van der Waals surface area contributed by atoms with Crippen LogP contribution in [-0.2, 0) is 6.42 Å². The van der Waals surface area contributed by atoms with E-state index in [1.54, 1.807) is 6.08 Å². The van der Waals surface area contributed by atoms with Crippen molar-refractivity contribution in [2.45, 2.75) is 6.42 Å². The molecule has 0 unspecified atom stereocenters. The Kier molecular flexibility index (Phi) is 7.39. The van der Waals surface area contributed by atoms with Gasteiger partial charge in [0.15, 0.2) is 0 Å². The second-order valence-electron chi connectivity index (χ2n) is 9.13. The minimum atomic E-state index is 0.690. The molecule has 184 valence electrons. The van der Waals surface area contributed by atoms with Crippen LogP contribution in [-0.4, -0.2) is 6.54 Å². The molecule has 0 bridgehead atoms. The molecule has 0 amide bonds. The van der Waals surface area contributed by atoms with Crippen molar-refractivity contribution in [2.75, 3.05) is 17.6 Å². The van der Waals surface area contributed by atoms with Gasteiger partial charge in [0.2, 0.25) is 0 Å². The van der Waals surface area contributed by atoms with Crippen LogP contribution < -0.4 is 11.1 Å². The van der Waals surface area contributed by atoms with Gasteiger partial charge in [-0.3, -0.25) is 0 Å². The lowest BCUT2D eigenvalue weighted by molar-refractivity contribution is 1.33. The number of benzene rings is 5. The largest absolute Gasteiger partial charge is 0.397 e. The van der Waals surface area contributed by atoms with Crippen molar-refractivity contribution in [2.24, 2.45) is 0 Å². The number of allylic oxidation sites excluding steroid dienone is 3. The van der Waals surface area contributed by atoms with Gasteiger partial charge in [-0.25, -0.2) is 0 Å². The molecule has 0 saturated heterocycles. The lowest BCUT2D eigenvalue weighted by Gasteiger charge is -2.18. The summed E-state index contributed by atoms with van der Waals surface area (Å²) in [6.07, 6.45) is 16.5. The first kappa shape index (κ1) is 24.7. The van der Waals surface area contributed by atoms with Gasteiger partial charge in [-0.05, 0) is 68.4 Å². The van der Waals surface area contributed by atoms with E-state index in [-0.39, 0.29) is 0 Å². The fourth-order valence-corrected chi connectivity index (χ4v) is 5.04. The van der Waals surface area contributed by atoms with Gasteiger partial charge in [0.05, 0.1) is 11.4 Å². The van der Waals surface area contributed by atoms with Gasteiger partial charge in [0, 0.05) is 12.1 Å². The summed E-state index contributed by atoms with van der Waals surface area (Å²) in [5.41, 5.74) is 13.7. The highest BCUT2D eigenvalue weighted by atomic mass is 14.9. The van der Waals surface area contributed by atoms with E-state index >= 15 is 0 Å². The fourth-order valence-electron chi connectivity index (χ4n) is 5.04. The van der Waals surface area contributed by atoms with E-state index in [1.807, 2.05) is 30.4 Å². The molecule has 0 aliphatic heterocycles. The van der Waals surface area contributed by atoms with Crippen LogP contribution >= 0.6 is 0 Å². The van der Waals surface area contributed by atoms with Crippen molar-refractivity contribution in [1.29, 1.82) is 0 Å². The third-order valence-corrected chi connectivity index (χ3v) is 6.80. The summed E-state index contributed by atoms with van der Waals surface area (Å²) in [7, 11) is 0. The highest BCUT2D eigenvalue weighted by Gasteiger charge is 2.15. The van der Waals surface area contributed by atoms with Gasteiger partial charge in [0.1, 0.15) is 0 Å². The number of terminal acetylenes is 1. The number of anilines is 2. The van der Waals surface area contributed by atoms with Crippen LogP contribution in [0.5, 0.6) is 0 Å². The van der Waals surface area contributed by atoms with Crippen LogP contribution in [0.2, 0.25) is 0 Å². The maximum absolute atomic E-state index is 6.51. The normalized spacial score (nSPS) is 11.3. The molecule has 38 heavy (non-hydrogen) atoms. The van der Waals surface area contributed by atoms with E-state index in [1.165, 1.54) is 32.7 Å². The van der Waals surface area contributed by atoms with Gasteiger partial charge in [0.25, 0.3) is 0 Å². The molecule has 0 fully saturated rings. The van der Waals surface area contributed by atoms with Gasteiger partial charge < -0.3 is 11.1 Å². The lowest BCUT2D eigenvalue weighted by atomic mass is 9.87. The molecule has 5 aromatic carbocycles. The predicted octanol–water partition coefficient (Wildman–Crippen LogP) is 8.63. The van der Waals surface area contributed by atoms with Crippen molar-refractivity contribution >= 4 is 39.0 Å². The van der Waals surface area contributed by atoms with Crippen LogP contribution in [0.15, 0.2) is 122 Å². The van der Waals surface area contributed by atoms with Gasteiger partial charge in [-0.1, -0.05) is 116 Å². The van der Waals surface area contributed by atoms with E-state index < -0.39 is 0 Å². The number of hydrogen-bond acceptors (Lipinski definition) is 2. The average molecular weight is 491 g/mol. The van der Waals surface area contributed by atoms with E-state index in [0.29, 0.717) is 6.54 Å². The zero-order valence-corrected chi connectivity index (χ0v) is 21.3. The second kappa shape index (κ2) is 11.4. The van der Waals surface area contributed by atoms with Crippen molar-refractivity contribution < 1.29 is 0 Å². The zero-order chi connectivity index (χ0) is 26.3. The third kappa shape index (κ3) is 4.96. The molecular formula is C36H30N2. The Bertz CT molecular complexity index is 1670. The molecular weight excluding hydrogens is 460 g/mol. The first-order valence-corrected chi connectivity index (χ1v) is 12.8. The predicted molar refractivity (Wildman–Crippen MR) is 166 cm³/mol. The molecule has 5 rings (SSSR count). The highest BCUT2D eigenvalue weighted by molar-refractivity contribution is 6.15. The van der Waals surface area contributed by atoms with Crippen LogP contribution in [0, 0.1) is 12.3 Å². The van der Waals surface area contributed by atoms with Gasteiger partial charge in [-0.15, -0.1) is 6.42 Å². The van der Waals surface area contributed by atoms with Crippen LogP contribution in [0.1, 0.15) is 16.7 Å². The van der Waals surface area contributed by atoms with E-state index in [4.69, 9.17) is 12.2 Å². The number of hydrogen-bond donors (Lipinski definition) is 2. The molecule has 2 heteroatoms. The first-order chi connectivity index (χ1) is 18.7. The monoisotopic (exact) mass is 490 g/mol. The molecule has 0 atom stereocenters. The van der Waals surface area contributed by atoms with Crippen LogP contribution in [0.25, 0.3) is 38.7 Å². The summed E-state index contributed by atoms with van der Waals surface area (Å²) >= 11 is 0. The van der Waals surface area contributed by atoms with Gasteiger partial charge in [-0.2, -0.15) is 0 Å². The van der Waals surface area contributed by atoms with E-state index in [9.17, 15) is 0 Å². The molecule has 0 spiro atoms. The zero-order valence-electron chi connectivity index (χ0n) is 21.3. The van der Waals surface area contributed by atoms with Crippen molar-refractivity contribution in [3.8, 4) is 23.5 Å². The number of rotatable bonds is 8. The summed E-state index contributed by atoms with van der Waals surface area (Å²) in [6, 6.07) is 31.6. The van der Waals surface area contributed by atoms with Crippen LogP contribution in [0.3, 0.4) is 0 Å². The van der Waals surface area contributed by atoms with E-state index in [2.05, 4.69) is 103 Å². The maximum Gasteiger partial charge on any atom is 0.0576 e. The fraction of sp³-hybridized carbons (Fsp3) is 0.0556. The van der Waals surface area contributed by atoms with Crippen molar-refractivity contribution in [3.05, 3.63) is 139 Å². The molecule has 3 N–H and O–H groups in total. The first-order valence-electron chi connectivity index (χ1n) is 12.8. The Balaban J connectivity index is 1.61. The van der Waals surface area contributed by atoms with Crippen LogP contribution in [0.4, 0.5) is 11.4 Å². The number of fused-ring (bicyclic) bond motifs is 2. The Morgan fingerprint density at radius 1 is 0.816 bits per heavy atom. The van der Waals surface area contributed by atoms with Gasteiger partial charge >= 0.3 is 0 Å². The molecule has 0 aromatic heterocycles. The maximum atomic E-state index is 6.51. The topological polar surface area (TPSA) is 38.0 Å². The molecule has 0 radical (unpaired) electrons. The Hall–Kier alpha value is -5.00. The van der Waals surface area contributed by atoms with E-state index in [0.717, 1.165) is 34.5 Å². The average Bonchev–Trinajstić information content (AvgIpc) is 2.96. The second-order valence-corrected chi connectivity index (χ2v) is 9.13.